The van der Waals surface area contributed by atoms with Crippen molar-refractivity contribution in [3.63, 3.8) is 0 Å². The minimum absolute atomic E-state index is 0.288. The number of benzene rings is 2. The van der Waals surface area contributed by atoms with E-state index in [2.05, 4.69) is 31.9 Å². The van der Waals surface area contributed by atoms with Crippen LogP contribution in [0.1, 0.15) is 22.8 Å². The van der Waals surface area contributed by atoms with Gasteiger partial charge in [0, 0.05) is 27.4 Å². The minimum Gasteiger partial charge on any atom is -0.493 e. The summed E-state index contributed by atoms with van der Waals surface area (Å²) < 4.78 is 21.2. The molecule has 0 fully saturated rings. The first-order chi connectivity index (χ1) is 10.0. The predicted molar refractivity (Wildman–Crippen MR) is 86.1 cm³/mol. The lowest BCUT2D eigenvalue weighted by Crippen LogP contribution is -2.06. The summed E-state index contributed by atoms with van der Waals surface area (Å²) in [5.41, 5.74) is 2.31. The fourth-order valence-corrected chi connectivity index (χ4v) is 3.52. The van der Waals surface area contributed by atoms with Crippen LogP contribution in [0.15, 0.2) is 39.3 Å². The van der Waals surface area contributed by atoms with Gasteiger partial charge in [-0.15, -0.1) is 0 Å². The molecule has 2 nitrogen and oxygen atoms in total. The molecule has 1 unspecified atom stereocenters. The third kappa shape index (κ3) is 3.15. The summed E-state index contributed by atoms with van der Waals surface area (Å²) in [6.07, 6.45) is 0.267. The van der Waals surface area contributed by atoms with E-state index in [1.807, 2.05) is 12.1 Å². The number of aliphatic hydroxyl groups is 1. The van der Waals surface area contributed by atoms with E-state index in [1.165, 1.54) is 6.07 Å². The number of ether oxygens (including phenoxy) is 1. The topological polar surface area (TPSA) is 29.5 Å². The van der Waals surface area contributed by atoms with E-state index in [4.69, 9.17) is 4.74 Å². The third-order valence-electron chi connectivity index (χ3n) is 3.56. The molecule has 0 spiro atoms. The van der Waals surface area contributed by atoms with E-state index in [-0.39, 0.29) is 5.56 Å². The molecule has 0 saturated heterocycles. The Kier molecular flexibility index (Phi) is 4.33. The second-order valence-electron chi connectivity index (χ2n) is 5.04. The van der Waals surface area contributed by atoms with Crippen molar-refractivity contribution in [1.29, 1.82) is 0 Å². The molecule has 0 saturated carbocycles. The maximum absolute atomic E-state index is 13.9. The van der Waals surface area contributed by atoms with Crippen molar-refractivity contribution in [2.75, 3.05) is 6.61 Å². The van der Waals surface area contributed by atoms with E-state index < -0.39 is 11.9 Å². The van der Waals surface area contributed by atoms with Crippen LogP contribution < -0.4 is 4.74 Å². The molecular formula is C16H13Br2FO2. The van der Waals surface area contributed by atoms with Crippen molar-refractivity contribution < 1.29 is 14.2 Å². The normalized spacial score (nSPS) is 14.7. The molecule has 1 aliphatic heterocycles. The molecule has 0 radical (unpaired) electrons. The largest absolute Gasteiger partial charge is 0.493 e. The van der Waals surface area contributed by atoms with Gasteiger partial charge in [-0.25, -0.2) is 4.39 Å². The van der Waals surface area contributed by atoms with Gasteiger partial charge in [-0.05, 0) is 41.5 Å². The van der Waals surface area contributed by atoms with Gasteiger partial charge in [-0.2, -0.15) is 0 Å². The molecule has 1 N–H and O–H groups in total. The van der Waals surface area contributed by atoms with E-state index in [0.717, 1.165) is 32.2 Å². The molecule has 3 rings (SSSR count). The fourth-order valence-electron chi connectivity index (χ4n) is 2.59. The number of hydrogen-bond acceptors (Lipinski definition) is 2. The van der Waals surface area contributed by atoms with Crippen molar-refractivity contribution in [2.45, 2.75) is 18.9 Å². The van der Waals surface area contributed by atoms with Crippen molar-refractivity contribution in [3.8, 4) is 5.75 Å². The molecule has 0 bridgehead atoms. The summed E-state index contributed by atoms with van der Waals surface area (Å²) >= 11 is 6.77. The Labute approximate surface area is 139 Å². The summed E-state index contributed by atoms with van der Waals surface area (Å²) in [5, 5.41) is 10.4. The smallest absolute Gasteiger partial charge is 0.129 e. The Bertz CT molecular complexity index is 688. The average Bonchev–Trinajstić information content (AvgIpc) is 2.89. The lowest BCUT2D eigenvalue weighted by atomic mass is 9.98. The van der Waals surface area contributed by atoms with E-state index >= 15 is 0 Å². The Morgan fingerprint density at radius 3 is 2.81 bits per heavy atom. The van der Waals surface area contributed by atoms with Crippen molar-refractivity contribution in [1.82, 2.24) is 0 Å². The van der Waals surface area contributed by atoms with Crippen LogP contribution in [0.5, 0.6) is 5.75 Å². The molecular weight excluding hydrogens is 403 g/mol. The highest BCUT2D eigenvalue weighted by atomic mass is 79.9. The summed E-state index contributed by atoms with van der Waals surface area (Å²) in [6, 6.07) is 8.52. The van der Waals surface area contributed by atoms with Gasteiger partial charge in [0.1, 0.15) is 11.6 Å². The van der Waals surface area contributed by atoms with Crippen LogP contribution in [-0.4, -0.2) is 11.7 Å². The summed E-state index contributed by atoms with van der Waals surface area (Å²) in [7, 11) is 0. The molecule has 110 valence electrons. The standard InChI is InChI=1S/C16H13Br2FO2/c17-11-1-2-14(19)13(8-11)15(20)7-10-6-12(18)5-9-3-4-21-16(9)10/h1-2,5-6,8,15,20H,3-4,7H2. The molecule has 1 aliphatic rings. The maximum Gasteiger partial charge on any atom is 0.129 e. The Balaban J connectivity index is 1.92. The maximum atomic E-state index is 13.9. The zero-order chi connectivity index (χ0) is 15.0. The van der Waals surface area contributed by atoms with Crippen molar-refractivity contribution in [2.24, 2.45) is 0 Å². The van der Waals surface area contributed by atoms with Gasteiger partial charge < -0.3 is 9.84 Å². The molecule has 1 heterocycles. The Morgan fingerprint density at radius 2 is 2.00 bits per heavy atom. The first kappa shape index (κ1) is 15.0. The van der Waals surface area contributed by atoms with Gasteiger partial charge in [0.05, 0.1) is 12.7 Å². The molecule has 2 aromatic rings. The van der Waals surface area contributed by atoms with E-state index in [9.17, 15) is 9.50 Å². The second kappa shape index (κ2) is 6.07. The SMILES string of the molecule is OC(Cc1cc(Br)cc2c1OCC2)c1cc(Br)ccc1F. The number of halogens is 3. The molecule has 21 heavy (non-hydrogen) atoms. The van der Waals surface area contributed by atoms with E-state index in [1.54, 1.807) is 12.1 Å². The lowest BCUT2D eigenvalue weighted by Gasteiger charge is -2.15. The van der Waals surface area contributed by atoms with Gasteiger partial charge in [0.15, 0.2) is 0 Å². The van der Waals surface area contributed by atoms with Crippen LogP contribution >= 0.6 is 31.9 Å². The second-order valence-corrected chi connectivity index (χ2v) is 6.87. The highest BCUT2D eigenvalue weighted by Crippen LogP contribution is 2.36. The zero-order valence-electron chi connectivity index (χ0n) is 11.1. The minimum atomic E-state index is -0.912. The van der Waals surface area contributed by atoms with Gasteiger partial charge in [0.2, 0.25) is 0 Å². The van der Waals surface area contributed by atoms with Crippen LogP contribution in [-0.2, 0) is 12.8 Å². The predicted octanol–water partition coefficient (Wildman–Crippen LogP) is 4.56. The molecule has 0 aromatic heterocycles. The quantitative estimate of drug-likeness (QED) is 0.796. The monoisotopic (exact) mass is 414 g/mol. The lowest BCUT2D eigenvalue weighted by molar-refractivity contribution is 0.172. The summed E-state index contributed by atoms with van der Waals surface area (Å²) in [5.74, 6) is 0.422. The van der Waals surface area contributed by atoms with Gasteiger partial charge >= 0.3 is 0 Å². The van der Waals surface area contributed by atoms with Gasteiger partial charge in [0.25, 0.3) is 0 Å². The van der Waals surface area contributed by atoms with Crippen molar-refractivity contribution >= 4 is 31.9 Å². The van der Waals surface area contributed by atoms with E-state index in [0.29, 0.717) is 13.0 Å². The van der Waals surface area contributed by atoms with Crippen LogP contribution in [0.4, 0.5) is 4.39 Å². The highest BCUT2D eigenvalue weighted by molar-refractivity contribution is 9.10. The number of fused-ring (bicyclic) bond motifs is 1. The third-order valence-corrected chi connectivity index (χ3v) is 4.51. The summed E-state index contributed by atoms with van der Waals surface area (Å²) in [6.45, 7) is 0.653. The molecule has 0 aliphatic carbocycles. The van der Waals surface area contributed by atoms with Crippen LogP contribution in [0.2, 0.25) is 0 Å². The first-order valence-electron chi connectivity index (χ1n) is 6.61. The van der Waals surface area contributed by atoms with Crippen LogP contribution in [0.25, 0.3) is 0 Å². The average molecular weight is 416 g/mol. The zero-order valence-corrected chi connectivity index (χ0v) is 14.2. The summed E-state index contributed by atoms with van der Waals surface area (Å²) in [4.78, 5) is 0. The molecule has 1 atom stereocenters. The number of hydrogen-bond donors (Lipinski definition) is 1. The van der Waals surface area contributed by atoms with Crippen molar-refractivity contribution in [3.05, 3.63) is 61.8 Å². The van der Waals surface area contributed by atoms with Gasteiger partial charge in [-0.3, -0.25) is 0 Å². The van der Waals surface area contributed by atoms with Crippen LogP contribution in [0.3, 0.4) is 0 Å². The Hall–Kier alpha value is -0.910. The number of aliphatic hydroxyl groups excluding tert-OH is 1. The highest BCUT2D eigenvalue weighted by Gasteiger charge is 2.21. The number of rotatable bonds is 3. The molecule has 0 amide bonds. The van der Waals surface area contributed by atoms with Crippen LogP contribution in [0, 0.1) is 5.82 Å². The first-order valence-corrected chi connectivity index (χ1v) is 8.20. The molecule has 5 heteroatoms. The fraction of sp³-hybridized carbons (Fsp3) is 0.250. The van der Waals surface area contributed by atoms with Gasteiger partial charge in [-0.1, -0.05) is 31.9 Å². The Morgan fingerprint density at radius 1 is 1.19 bits per heavy atom. The molecule has 2 aromatic carbocycles.